The number of aliphatic carboxylic acids is 1. The van der Waals surface area contributed by atoms with Crippen LogP contribution in [0.25, 0.3) is 0 Å². The molecule has 3 saturated carbocycles. The average molecular weight is 486 g/mol. The molecule has 3 fully saturated rings. The number of carbonyl (C=O) groups is 4. The Morgan fingerprint density at radius 3 is 2.50 bits per heavy atom. The first-order valence-electron chi connectivity index (χ1n) is 12.0. The van der Waals surface area contributed by atoms with Gasteiger partial charge in [0.15, 0.2) is 12.4 Å². The Morgan fingerprint density at radius 2 is 1.82 bits per heavy atom. The van der Waals surface area contributed by atoms with E-state index in [0.717, 1.165) is 24.8 Å². The maximum Gasteiger partial charge on any atom is 1.00 e. The van der Waals surface area contributed by atoms with Gasteiger partial charge in [-0.1, -0.05) is 19.4 Å². The number of carboxylic acids is 1. The zero-order chi connectivity index (χ0) is 24.2. The van der Waals surface area contributed by atoms with E-state index in [0.29, 0.717) is 12.8 Å². The fourth-order valence-electron chi connectivity index (χ4n) is 7.70. The summed E-state index contributed by atoms with van der Waals surface area (Å²) in [5, 5.41) is 31.6. The maximum absolute atomic E-state index is 13.1. The standard InChI is InChI=1S/C25H34O8.Na/c1-23-9-7-15(26)11-14(23)3-4-16-17-8-10-25(32,24(17,2)12-18(27)22(16)23)19(28)13-33-21(31)6-5-20(29)30;/h11,16-18,22,27,32H,3-10,12-13H2,1-2H3,(H,29,30);/q;+1/t16-,17-,18-,22+,23-,24-,25-;/m0./s1. The number of ketones is 2. The van der Waals surface area contributed by atoms with E-state index in [-0.39, 0.29) is 84.2 Å². The van der Waals surface area contributed by atoms with Crippen LogP contribution in [0.2, 0.25) is 0 Å². The quantitative estimate of drug-likeness (QED) is 0.329. The smallest absolute Gasteiger partial charge is 0.481 e. The number of carbonyl (C=O) groups excluding carboxylic acids is 3. The van der Waals surface area contributed by atoms with Crippen molar-refractivity contribution in [1.82, 2.24) is 0 Å². The molecule has 0 amide bonds. The molecule has 8 nitrogen and oxygen atoms in total. The molecule has 0 aromatic carbocycles. The summed E-state index contributed by atoms with van der Waals surface area (Å²) in [5.41, 5.74) is -1.68. The van der Waals surface area contributed by atoms with E-state index in [1.807, 2.05) is 6.92 Å². The predicted molar refractivity (Wildman–Crippen MR) is 116 cm³/mol. The molecule has 0 aromatic rings. The summed E-state index contributed by atoms with van der Waals surface area (Å²) >= 11 is 0. The summed E-state index contributed by atoms with van der Waals surface area (Å²) in [6.07, 6.45) is 4.30. The van der Waals surface area contributed by atoms with Gasteiger partial charge in [-0.05, 0) is 67.8 Å². The van der Waals surface area contributed by atoms with Gasteiger partial charge in [0, 0.05) is 11.8 Å². The van der Waals surface area contributed by atoms with E-state index >= 15 is 0 Å². The van der Waals surface area contributed by atoms with Gasteiger partial charge in [0.05, 0.1) is 18.9 Å². The number of aliphatic hydroxyl groups excluding tert-OH is 1. The van der Waals surface area contributed by atoms with Crippen molar-refractivity contribution in [2.45, 2.75) is 83.3 Å². The van der Waals surface area contributed by atoms with Gasteiger partial charge in [0.2, 0.25) is 5.78 Å². The maximum atomic E-state index is 13.1. The molecule has 0 heterocycles. The molecule has 182 valence electrons. The van der Waals surface area contributed by atoms with Crippen molar-refractivity contribution in [3.05, 3.63) is 11.6 Å². The fourth-order valence-corrected chi connectivity index (χ4v) is 7.70. The third-order valence-electron chi connectivity index (χ3n) is 9.42. The topological polar surface area (TPSA) is 138 Å². The van der Waals surface area contributed by atoms with Gasteiger partial charge in [-0.25, -0.2) is 0 Å². The molecule has 4 aliphatic rings. The Kier molecular flexibility index (Phi) is 7.91. The molecule has 0 aromatic heterocycles. The summed E-state index contributed by atoms with van der Waals surface area (Å²) in [6.45, 7) is 3.41. The van der Waals surface area contributed by atoms with Crippen LogP contribution in [0, 0.1) is 28.6 Å². The van der Waals surface area contributed by atoms with Crippen LogP contribution in [0.4, 0.5) is 0 Å². The second kappa shape index (κ2) is 9.77. The zero-order valence-corrected chi connectivity index (χ0v) is 22.3. The SMILES string of the molecule is C[C@]12CCC(=O)C=C1CC[C@@H]1[C@@H]2[C@@H](O)C[C@@]2(C)[C@H]1CC[C@]2(O)C(=O)COC(=O)CCC(=O)O.[Na+]. The molecule has 0 radical (unpaired) electrons. The minimum atomic E-state index is -1.71. The van der Waals surface area contributed by atoms with Crippen molar-refractivity contribution in [1.29, 1.82) is 0 Å². The molecule has 34 heavy (non-hydrogen) atoms. The summed E-state index contributed by atoms with van der Waals surface area (Å²) in [7, 11) is 0. The molecule has 0 bridgehead atoms. The van der Waals surface area contributed by atoms with E-state index < -0.39 is 41.4 Å². The largest absolute Gasteiger partial charge is 1.00 e. The van der Waals surface area contributed by atoms with Gasteiger partial charge >= 0.3 is 41.5 Å². The molecule has 0 unspecified atom stereocenters. The Hall–Kier alpha value is -1.06. The second-order valence-electron chi connectivity index (χ2n) is 11.0. The number of rotatable bonds is 6. The molecule has 0 aliphatic heterocycles. The van der Waals surface area contributed by atoms with E-state index in [2.05, 4.69) is 6.92 Å². The first kappa shape index (κ1) is 27.5. The van der Waals surface area contributed by atoms with Crippen LogP contribution in [-0.4, -0.2) is 57.1 Å². The van der Waals surface area contributed by atoms with Crippen molar-refractivity contribution < 1.29 is 68.8 Å². The number of Topliss-reactive ketones (excluding diaryl/α,β-unsaturated/α-hetero) is 1. The van der Waals surface area contributed by atoms with Crippen molar-refractivity contribution in [3.63, 3.8) is 0 Å². The van der Waals surface area contributed by atoms with Crippen molar-refractivity contribution in [3.8, 4) is 0 Å². The van der Waals surface area contributed by atoms with Crippen LogP contribution in [0.5, 0.6) is 0 Å². The van der Waals surface area contributed by atoms with E-state index in [1.54, 1.807) is 6.08 Å². The third kappa shape index (κ3) is 4.34. The number of allylic oxidation sites excluding steroid dienone is 1. The van der Waals surface area contributed by atoms with Gasteiger partial charge < -0.3 is 20.1 Å². The number of hydrogen-bond acceptors (Lipinski definition) is 7. The van der Waals surface area contributed by atoms with Crippen LogP contribution in [0.1, 0.15) is 71.6 Å². The Bertz CT molecular complexity index is 915. The minimum Gasteiger partial charge on any atom is -0.481 e. The number of hydrogen-bond donors (Lipinski definition) is 3. The average Bonchev–Trinajstić information content (AvgIpc) is 3.02. The number of esters is 1. The van der Waals surface area contributed by atoms with Crippen molar-refractivity contribution in [2.24, 2.45) is 28.6 Å². The monoisotopic (exact) mass is 485 g/mol. The zero-order valence-electron chi connectivity index (χ0n) is 20.3. The molecule has 0 spiro atoms. The first-order valence-corrected chi connectivity index (χ1v) is 12.0. The number of fused-ring (bicyclic) bond motifs is 5. The Balaban J connectivity index is 0.00000324. The minimum absolute atomic E-state index is 0. The van der Waals surface area contributed by atoms with Crippen molar-refractivity contribution in [2.75, 3.05) is 6.61 Å². The molecule has 3 N–H and O–H groups in total. The van der Waals surface area contributed by atoms with Gasteiger partial charge in [-0.2, -0.15) is 0 Å². The van der Waals surface area contributed by atoms with E-state index in [9.17, 15) is 29.4 Å². The van der Waals surface area contributed by atoms with Gasteiger partial charge in [-0.3, -0.25) is 19.2 Å². The van der Waals surface area contributed by atoms with Crippen LogP contribution in [-0.2, 0) is 23.9 Å². The number of ether oxygens (including phenoxy) is 1. The van der Waals surface area contributed by atoms with Crippen LogP contribution in [0.3, 0.4) is 0 Å². The van der Waals surface area contributed by atoms with E-state index in [1.165, 1.54) is 0 Å². The fraction of sp³-hybridized carbons (Fsp3) is 0.760. The first-order chi connectivity index (χ1) is 15.4. The summed E-state index contributed by atoms with van der Waals surface area (Å²) < 4.78 is 4.97. The molecule has 0 saturated heterocycles. The van der Waals surface area contributed by atoms with Crippen LogP contribution < -0.4 is 29.6 Å². The normalized spacial score (nSPS) is 40.7. The molecule has 9 heteroatoms. The van der Waals surface area contributed by atoms with Gasteiger partial charge in [0.1, 0.15) is 5.60 Å². The van der Waals surface area contributed by atoms with Crippen LogP contribution in [0.15, 0.2) is 11.6 Å². The summed E-state index contributed by atoms with van der Waals surface area (Å²) in [4.78, 5) is 47.5. The van der Waals surface area contributed by atoms with Crippen molar-refractivity contribution >= 4 is 23.5 Å². The summed E-state index contributed by atoms with van der Waals surface area (Å²) in [5.74, 6) is -2.20. The Labute approximate surface area is 221 Å². The van der Waals surface area contributed by atoms with E-state index in [4.69, 9.17) is 9.84 Å². The second-order valence-corrected chi connectivity index (χ2v) is 11.0. The molecular formula is C25H34NaO8+. The number of carboxylic acid groups (broad SMARTS) is 1. The van der Waals surface area contributed by atoms with Crippen LogP contribution >= 0.6 is 0 Å². The third-order valence-corrected chi connectivity index (χ3v) is 9.42. The predicted octanol–water partition coefficient (Wildman–Crippen LogP) is -0.799. The van der Waals surface area contributed by atoms with Gasteiger partial charge in [-0.15, -0.1) is 0 Å². The van der Waals surface area contributed by atoms with Gasteiger partial charge in [0.25, 0.3) is 0 Å². The molecule has 4 aliphatic carbocycles. The molecule has 4 rings (SSSR count). The molecule has 7 atom stereocenters. The Morgan fingerprint density at radius 1 is 1.12 bits per heavy atom. The number of aliphatic hydroxyl groups is 2. The molecular weight excluding hydrogens is 451 g/mol. The summed E-state index contributed by atoms with van der Waals surface area (Å²) in [6, 6.07) is 0.